The Kier molecular flexibility index (Phi) is 9.95. The SMILES string of the molecule is CCCCC/C=C/OCCCCC1CCC(c2ccc(C#N)cc2)CC1. The highest BCUT2D eigenvalue weighted by molar-refractivity contribution is 5.33. The molecule has 0 aliphatic heterocycles. The first kappa shape index (κ1) is 20.6. The van der Waals surface area contributed by atoms with Gasteiger partial charge in [-0.15, -0.1) is 0 Å². The Morgan fingerprint density at radius 1 is 1.04 bits per heavy atom. The molecule has 1 aromatic rings. The molecule has 0 N–H and O–H groups in total. The molecular formula is C24H35NO. The van der Waals surface area contributed by atoms with Gasteiger partial charge in [0, 0.05) is 0 Å². The quantitative estimate of drug-likeness (QED) is 0.313. The first-order valence-corrected chi connectivity index (χ1v) is 10.6. The monoisotopic (exact) mass is 353 g/mol. The van der Waals surface area contributed by atoms with Crippen molar-refractivity contribution in [2.45, 2.75) is 83.5 Å². The zero-order valence-corrected chi connectivity index (χ0v) is 16.5. The Hall–Kier alpha value is -1.75. The average Bonchev–Trinajstić information content (AvgIpc) is 2.70. The summed E-state index contributed by atoms with van der Waals surface area (Å²) in [6, 6.07) is 10.4. The van der Waals surface area contributed by atoms with Crippen molar-refractivity contribution in [1.82, 2.24) is 0 Å². The van der Waals surface area contributed by atoms with Crippen LogP contribution in [0.25, 0.3) is 0 Å². The minimum absolute atomic E-state index is 0.695. The molecule has 0 atom stereocenters. The Bertz CT molecular complexity index is 547. The maximum atomic E-state index is 8.91. The van der Waals surface area contributed by atoms with Crippen LogP contribution in [-0.2, 0) is 4.74 Å². The number of nitrogens with zero attached hydrogens (tertiary/aromatic N) is 1. The standard InChI is InChI=1S/C24H35NO/c1-2-3-4-5-7-18-26-19-8-6-9-21-10-14-23(15-11-21)24-16-12-22(20-25)13-17-24/h7,12-13,16-18,21,23H,2-6,8-11,14-15,19H2,1H3/b18-7+. The van der Waals surface area contributed by atoms with E-state index in [0.717, 1.165) is 24.5 Å². The predicted molar refractivity (Wildman–Crippen MR) is 109 cm³/mol. The van der Waals surface area contributed by atoms with Crippen molar-refractivity contribution < 1.29 is 4.74 Å². The van der Waals surface area contributed by atoms with Crippen LogP contribution in [0.4, 0.5) is 0 Å². The zero-order valence-electron chi connectivity index (χ0n) is 16.5. The maximum Gasteiger partial charge on any atom is 0.0991 e. The molecule has 0 aromatic heterocycles. The summed E-state index contributed by atoms with van der Waals surface area (Å²) in [5.41, 5.74) is 2.18. The van der Waals surface area contributed by atoms with Crippen LogP contribution >= 0.6 is 0 Å². The number of nitriles is 1. The van der Waals surface area contributed by atoms with Crippen molar-refractivity contribution >= 4 is 0 Å². The molecule has 0 amide bonds. The Balaban J connectivity index is 1.52. The molecule has 1 aliphatic carbocycles. The van der Waals surface area contributed by atoms with E-state index in [1.165, 1.54) is 69.8 Å². The van der Waals surface area contributed by atoms with Gasteiger partial charge in [0.2, 0.25) is 0 Å². The summed E-state index contributed by atoms with van der Waals surface area (Å²) in [5, 5.41) is 8.91. The van der Waals surface area contributed by atoms with Crippen molar-refractivity contribution in [2.75, 3.05) is 6.61 Å². The van der Waals surface area contributed by atoms with Crippen molar-refractivity contribution in [3.8, 4) is 6.07 Å². The molecule has 1 saturated carbocycles. The number of ether oxygens (including phenoxy) is 1. The molecule has 1 aromatic carbocycles. The first-order chi connectivity index (χ1) is 12.8. The molecule has 2 rings (SSSR count). The second kappa shape index (κ2) is 12.6. The molecule has 0 unspecified atom stereocenters. The van der Waals surface area contributed by atoms with E-state index in [-0.39, 0.29) is 0 Å². The molecule has 1 fully saturated rings. The van der Waals surface area contributed by atoms with E-state index in [0.29, 0.717) is 5.92 Å². The lowest BCUT2D eigenvalue weighted by Crippen LogP contribution is -2.13. The van der Waals surface area contributed by atoms with Gasteiger partial charge in [0.1, 0.15) is 0 Å². The number of hydrogen-bond acceptors (Lipinski definition) is 2. The molecule has 0 bridgehead atoms. The van der Waals surface area contributed by atoms with Gasteiger partial charge < -0.3 is 4.74 Å². The van der Waals surface area contributed by atoms with Crippen molar-refractivity contribution in [3.05, 3.63) is 47.7 Å². The van der Waals surface area contributed by atoms with Crippen molar-refractivity contribution in [2.24, 2.45) is 5.92 Å². The number of rotatable bonds is 11. The van der Waals surface area contributed by atoms with Crippen LogP contribution in [0.15, 0.2) is 36.6 Å². The van der Waals surface area contributed by atoms with Gasteiger partial charge in [-0.3, -0.25) is 0 Å². The van der Waals surface area contributed by atoms with Gasteiger partial charge in [-0.25, -0.2) is 0 Å². The van der Waals surface area contributed by atoms with Crippen LogP contribution in [0, 0.1) is 17.2 Å². The second-order valence-corrected chi connectivity index (χ2v) is 7.69. The highest BCUT2D eigenvalue weighted by Gasteiger charge is 2.21. The fraction of sp³-hybridized carbons (Fsp3) is 0.625. The average molecular weight is 354 g/mol. The third kappa shape index (κ3) is 7.65. The van der Waals surface area contributed by atoms with E-state index in [1.807, 2.05) is 18.4 Å². The summed E-state index contributed by atoms with van der Waals surface area (Å²) < 4.78 is 5.59. The number of allylic oxidation sites excluding steroid dienone is 1. The lowest BCUT2D eigenvalue weighted by molar-refractivity contribution is 0.230. The van der Waals surface area contributed by atoms with Crippen LogP contribution in [0.2, 0.25) is 0 Å². The molecule has 142 valence electrons. The van der Waals surface area contributed by atoms with E-state index in [4.69, 9.17) is 10.00 Å². The van der Waals surface area contributed by atoms with Crippen molar-refractivity contribution in [1.29, 1.82) is 5.26 Å². The topological polar surface area (TPSA) is 33.0 Å². The number of benzene rings is 1. The van der Waals surface area contributed by atoms with Gasteiger partial charge in [0.25, 0.3) is 0 Å². The molecule has 2 heteroatoms. The van der Waals surface area contributed by atoms with Crippen LogP contribution < -0.4 is 0 Å². The van der Waals surface area contributed by atoms with E-state index < -0.39 is 0 Å². The van der Waals surface area contributed by atoms with Gasteiger partial charge in [-0.2, -0.15) is 5.26 Å². The molecular weight excluding hydrogens is 318 g/mol. The first-order valence-electron chi connectivity index (χ1n) is 10.6. The molecule has 2 nitrogen and oxygen atoms in total. The van der Waals surface area contributed by atoms with Crippen LogP contribution in [0.3, 0.4) is 0 Å². The lowest BCUT2D eigenvalue weighted by atomic mass is 9.77. The zero-order chi connectivity index (χ0) is 18.5. The van der Waals surface area contributed by atoms with E-state index >= 15 is 0 Å². The second-order valence-electron chi connectivity index (χ2n) is 7.69. The highest BCUT2D eigenvalue weighted by Crippen LogP contribution is 2.37. The number of unbranched alkanes of at least 4 members (excludes halogenated alkanes) is 4. The molecule has 0 saturated heterocycles. The minimum atomic E-state index is 0.695. The fourth-order valence-corrected chi connectivity index (χ4v) is 3.95. The van der Waals surface area contributed by atoms with Gasteiger partial charge in [-0.1, -0.05) is 38.3 Å². The lowest BCUT2D eigenvalue weighted by Gasteiger charge is -2.28. The highest BCUT2D eigenvalue weighted by atomic mass is 16.5. The molecule has 26 heavy (non-hydrogen) atoms. The third-order valence-corrected chi connectivity index (χ3v) is 5.65. The number of hydrogen-bond donors (Lipinski definition) is 0. The van der Waals surface area contributed by atoms with E-state index in [9.17, 15) is 0 Å². The summed E-state index contributed by atoms with van der Waals surface area (Å²) in [7, 11) is 0. The van der Waals surface area contributed by atoms with Crippen molar-refractivity contribution in [3.63, 3.8) is 0 Å². The Morgan fingerprint density at radius 2 is 1.81 bits per heavy atom. The molecule has 1 aliphatic rings. The third-order valence-electron chi connectivity index (χ3n) is 5.65. The van der Waals surface area contributed by atoms with Crippen LogP contribution in [0.5, 0.6) is 0 Å². The molecule has 0 heterocycles. The Labute approximate surface area is 160 Å². The van der Waals surface area contributed by atoms with E-state index in [1.54, 1.807) is 0 Å². The van der Waals surface area contributed by atoms with E-state index in [2.05, 4.69) is 31.2 Å². The van der Waals surface area contributed by atoms with Crippen LogP contribution in [-0.4, -0.2) is 6.61 Å². The summed E-state index contributed by atoms with van der Waals surface area (Å²) >= 11 is 0. The van der Waals surface area contributed by atoms with Gasteiger partial charge in [0.05, 0.1) is 24.5 Å². The summed E-state index contributed by atoms with van der Waals surface area (Å²) in [4.78, 5) is 0. The predicted octanol–water partition coefficient (Wildman–Crippen LogP) is 7.11. The molecule has 0 spiro atoms. The summed E-state index contributed by atoms with van der Waals surface area (Å²) in [5.74, 6) is 1.59. The normalized spacial score (nSPS) is 20.2. The largest absolute Gasteiger partial charge is 0.502 e. The fourth-order valence-electron chi connectivity index (χ4n) is 3.95. The Morgan fingerprint density at radius 3 is 2.50 bits per heavy atom. The van der Waals surface area contributed by atoms with Crippen LogP contribution in [0.1, 0.15) is 94.6 Å². The maximum absolute atomic E-state index is 8.91. The van der Waals surface area contributed by atoms with Gasteiger partial charge in [0.15, 0.2) is 0 Å². The minimum Gasteiger partial charge on any atom is -0.502 e. The smallest absolute Gasteiger partial charge is 0.0991 e. The van der Waals surface area contributed by atoms with Gasteiger partial charge >= 0.3 is 0 Å². The summed E-state index contributed by atoms with van der Waals surface area (Å²) in [6.07, 6.45) is 18.2. The van der Waals surface area contributed by atoms with Gasteiger partial charge in [-0.05, 0) is 87.0 Å². The summed E-state index contributed by atoms with van der Waals surface area (Å²) in [6.45, 7) is 3.10. The molecule has 0 radical (unpaired) electrons.